The number of hydrogen-bond acceptors (Lipinski definition) is 6. The minimum atomic E-state index is -0.854. The van der Waals surface area contributed by atoms with Crippen LogP contribution < -0.4 is 15.2 Å². The predicted molar refractivity (Wildman–Crippen MR) is 95.6 cm³/mol. The molecule has 2 rings (SSSR count). The van der Waals surface area contributed by atoms with E-state index >= 15 is 0 Å². The van der Waals surface area contributed by atoms with Gasteiger partial charge in [-0.1, -0.05) is 26.0 Å². The van der Waals surface area contributed by atoms with E-state index in [4.69, 9.17) is 19.9 Å². The monoisotopic (exact) mass is 345 g/mol. The van der Waals surface area contributed by atoms with Gasteiger partial charge in [-0.3, -0.25) is 4.79 Å². The number of ether oxygens (including phenoxy) is 3. The Labute approximate surface area is 147 Å². The maximum Gasteiger partial charge on any atom is 0.519 e. The summed E-state index contributed by atoms with van der Waals surface area (Å²) in [6, 6.07) is 12.9. The van der Waals surface area contributed by atoms with Gasteiger partial charge in [-0.15, -0.1) is 0 Å². The van der Waals surface area contributed by atoms with E-state index in [-0.39, 0.29) is 12.4 Å². The van der Waals surface area contributed by atoms with Crippen molar-refractivity contribution in [3.63, 3.8) is 0 Å². The Kier molecular flexibility index (Phi) is 8.57. The second kappa shape index (κ2) is 10.7. The summed E-state index contributed by atoms with van der Waals surface area (Å²) in [4.78, 5) is 23.0. The topological polar surface area (TPSA) is 87.8 Å². The number of carbonyl (C=O) groups excluding carboxylic acids is 2. The van der Waals surface area contributed by atoms with Crippen LogP contribution >= 0.6 is 0 Å². The molecule has 0 spiro atoms. The van der Waals surface area contributed by atoms with E-state index < -0.39 is 6.16 Å². The van der Waals surface area contributed by atoms with Gasteiger partial charge < -0.3 is 19.9 Å². The summed E-state index contributed by atoms with van der Waals surface area (Å²) < 4.78 is 14.9. The van der Waals surface area contributed by atoms with Crippen molar-refractivity contribution >= 4 is 17.8 Å². The molecule has 0 heterocycles. The van der Waals surface area contributed by atoms with E-state index in [1.54, 1.807) is 55.5 Å². The zero-order chi connectivity index (χ0) is 18.7. The average Bonchev–Trinajstić information content (AvgIpc) is 2.61. The fourth-order valence-corrected chi connectivity index (χ4v) is 1.80. The molecule has 0 atom stereocenters. The molecule has 2 aromatic rings. The van der Waals surface area contributed by atoms with E-state index in [0.29, 0.717) is 23.8 Å². The summed E-state index contributed by atoms with van der Waals surface area (Å²) in [5.41, 5.74) is 6.88. The summed E-state index contributed by atoms with van der Waals surface area (Å²) in [6.45, 7) is 6.10. The zero-order valence-corrected chi connectivity index (χ0v) is 14.7. The number of benzene rings is 2. The lowest BCUT2D eigenvalue weighted by Crippen LogP contribution is -2.13. The molecule has 2 N–H and O–H groups in total. The standard InChI is InChI=1S/C17H17NO5.C2H6/c1-2-21-16(19)11-12-3-7-14(8-4-12)22-17(20)23-15-9-5-13(18)6-10-15;1-2/h3-10H,2,11,18H2,1H3;1-2H3. The van der Waals surface area contributed by atoms with Gasteiger partial charge in [0.25, 0.3) is 0 Å². The lowest BCUT2D eigenvalue weighted by molar-refractivity contribution is -0.142. The molecule has 6 heteroatoms. The van der Waals surface area contributed by atoms with Gasteiger partial charge in [0.2, 0.25) is 0 Å². The predicted octanol–water partition coefficient (Wildman–Crippen LogP) is 3.98. The number of rotatable bonds is 5. The average molecular weight is 345 g/mol. The van der Waals surface area contributed by atoms with Crippen LogP contribution in [0.5, 0.6) is 11.5 Å². The third-order valence-corrected chi connectivity index (χ3v) is 2.86. The number of carbonyl (C=O) groups is 2. The smallest absolute Gasteiger partial charge is 0.466 e. The Morgan fingerprint density at radius 1 is 0.880 bits per heavy atom. The fraction of sp³-hybridized carbons (Fsp3) is 0.263. The van der Waals surface area contributed by atoms with Crippen LogP contribution in [0.2, 0.25) is 0 Å². The van der Waals surface area contributed by atoms with Crippen molar-refractivity contribution in [1.82, 2.24) is 0 Å². The second-order valence-corrected chi connectivity index (χ2v) is 4.65. The van der Waals surface area contributed by atoms with Crippen LogP contribution in [0.25, 0.3) is 0 Å². The van der Waals surface area contributed by atoms with E-state index in [1.165, 1.54) is 0 Å². The highest BCUT2D eigenvalue weighted by Gasteiger charge is 2.09. The molecule has 0 aliphatic heterocycles. The third kappa shape index (κ3) is 7.39. The van der Waals surface area contributed by atoms with Gasteiger partial charge in [-0.25, -0.2) is 4.79 Å². The van der Waals surface area contributed by atoms with E-state index in [2.05, 4.69) is 0 Å². The Balaban J connectivity index is 0.00000151. The second-order valence-electron chi connectivity index (χ2n) is 4.65. The van der Waals surface area contributed by atoms with Crippen molar-refractivity contribution in [3.05, 3.63) is 54.1 Å². The van der Waals surface area contributed by atoms with Gasteiger partial charge in [-0.2, -0.15) is 0 Å². The molecule has 0 saturated carbocycles. The van der Waals surface area contributed by atoms with Crippen molar-refractivity contribution in [2.45, 2.75) is 27.2 Å². The highest BCUT2D eigenvalue weighted by atomic mass is 16.7. The third-order valence-electron chi connectivity index (χ3n) is 2.86. The maximum absolute atomic E-state index is 11.7. The molecule has 0 aromatic heterocycles. The molecule has 0 aliphatic carbocycles. The van der Waals surface area contributed by atoms with Gasteiger partial charge >= 0.3 is 12.1 Å². The Bertz CT molecular complexity index is 665. The van der Waals surface area contributed by atoms with Crippen LogP contribution in [0, 0.1) is 0 Å². The van der Waals surface area contributed by atoms with Gasteiger partial charge in [-0.05, 0) is 48.9 Å². The van der Waals surface area contributed by atoms with E-state index in [9.17, 15) is 9.59 Å². The number of nitrogen functional groups attached to an aromatic ring is 1. The van der Waals surface area contributed by atoms with Crippen molar-refractivity contribution in [2.75, 3.05) is 12.3 Å². The number of anilines is 1. The van der Waals surface area contributed by atoms with Crippen molar-refractivity contribution < 1.29 is 23.8 Å². The lowest BCUT2D eigenvalue weighted by atomic mass is 10.1. The summed E-state index contributed by atoms with van der Waals surface area (Å²) in [6.07, 6.45) is -0.683. The molecule has 2 aromatic carbocycles. The maximum atomic E-state index is 11.7. The first-order valence-electron chi connectivity index (χ1n) is 8.06. The van der Waals surface area contributed by atoms with Crippen molar-refractivity contribution in [1.29, 1.82) is 0 Å². The largest absolute Gasteiger partial charge is 0.519 e. The number of hydrogen-bond donors (Lipinski definition) is 1. The van der Waals surface area contributed by atoms with E-state index in [0.717, 1.165) is 5.56 Å². The zero-order valence-electron chi connectivity index (χ0n) is 14.7. The van der Waals surface area contributed by atoms with Crippen LogP contribution in [0.1, 0.15) is 26.3 Å². The molecular weight excluding hydrogens is 322 g/mol. The quantitative estimate of drug-likeness (QED) is 0.501. The molecule has 0 bridgehead atoms. The molecule has 0 fully saturated rings. The van der Waals surface area contributed by atoms with Crippen LogP contribution in [-0.2, 0) is 16.0 Å². The molecule has 25 heavy (non-hydrogen) atoms. The summed E-state index contributed by atoms with van der Waals surface area (Å²) in [5, 5.41) is 0. The van der Waals surface area contributed by atoms with Crippen LogP contribution in [0.15, 0.2) is 48.5 Å². The van der Waals surface area contributed by atoms with Crippen molar-refractivity contribution in [2.24, 2.45) is 0 Å². The molecule has 0 radical (unpaired) electrons. The highest BCUT2D eigenvalue weighted by Crippen LogP contribution is 2.16. The first-order valence-corrected chi connectivity index (χ1v) is 8.06. The molecule has 0 aliphatic rings. The van der Waals surface area contributed by atoms with Gasteiger partial charge in [0.15, 0.2) is 0 Å². The molecule has 6 nitrogen and oxygen atoms in total. The van der Waals surface area contributed by atoms with E-state index in [1.807, 2.05) is 13.8 Å². The number of esters is 1. The molecular formula is C19H23NO5. The summed E-state index contributed by atoms with van der Waals surface area (Å²) in [5.74, 6) is 0.352. The van der Waals surface area contributed by atoms with Crippen LogP contribution in [0.3, 0.4) is 0 Å². The van der Waals surface area contributed by atoms with Gasteiger partial charge in [0.1, 0.15) is 11.5 Å². The van der Waals surface area contributed by atoms with Crippen LogP contribution in [0.4, 0.5) is 10.5 Å². The van der Waals surface area contributed by atoms with Gasteiger partial charge in [0, 0.05) is 5.69 Å². The Morgan fingerprint density at radius 2 is 1.36 bits per heavy atom. The molecule has 0 saturated heterocycles. The number of nitrogens with two attached hydrogens (primary N) is 1. The highest BCUT2D eigenvalue weighted by molar-refractivity contribution is 5.72. The lowest BCUT2D eigenvalue weighted by Gasteiger charge is -2.07. The normalized spacial score (nSPS) is 9.40. The minimum absolute atomic E-state index is 0.171. The van der Waals surface area contributed by atoms with Crippen molar-refractivity contribution in [3.8, 4) is 11.5 Å². The Morgan fingerprint density at radius 3 is 1.84 bits per heavy atom. The SMILES string of the molecule is CC.CCOC(=O)Cc1ccc(OC(=O)Oc2ccc(N)cc2)cc1. The van der Waals surface area contributed by atoms with Crippen LogP contribution in [-0.4, -0.2) is 18.7 Å². The molecule has 134 valence electrons. The molecule has 0 amide bonds. The summed E-state index contributed by atoms with van der Waals surface area (Å²) >= 11 is 0. The first kappa shape index (κ1) is 20.0. The Hall–Kier alpha value is -3.02. The van der Waals surface area contributed by atoms with Gasteiger partial charge in [0.05, 0.1) is 13.0 Å². The minimum Gasteiger partial charge on any atom is -0.466 e. The first-order chi connectivity index (χ1) is 12.1. The summed E-state index contributed by atoms with van der Waals surface area (Å²) in [7, 11) is 0. The fourth-order valence-electron chi connectivity index (χ4n) is 1.80. The molecule has 0 unspecified atom stereocenters.